The van der Waals surface area contributed by atoms with Gasteiger partial charge in [0.05, 0.1) is 12.6 Å². The summed E-state index contributed by atoms with van der Waals surface area (Å²) < 4.78 is 0. The van der Waals surface area contributed by atoms with Crippen molar-refractivity contribution in [3.05, 3.63) is 71.8 Å². The first-order valence-electron chi connectivity index (χ1n) is 8.87. The van der Waals surface area contributed by atoms with E-state index >= 15 is 0 Å². The second kappa shape index (κ2) is 10.2. The van der Waals surface area contributed by atoms with Gasteiger partial charge in [-0.2, -0.15) is 0 Å². The third-order valence-electron chi connectivity index (χ3n) is 4.17. The van der Waals surface area contributed by atoms with Crippen LogP contribution in [-0.4, -0.2) is 36.2 Å². The van der Waals surface area contributed by atoms with Crippen molar-refractivity contribution in [2.75, 3.05) is 6.54 Å². The number of hydrogen-bond donors (Lipinski definition) is 3. The lowest BCUT2D eigenvalue weighted by Gasteiger charge is -2.22. The maximum Gasteiger partial charge on any atom is 0.243 e. The fourth-order valence-corrected chi connectivity index (χ4v) is 2.81. The van der Waals surface area contributed by atoms with Crippen LogP contribution in [0.15, 0.2) is 60.7 Å². The molecular weight excluding hydrogens is 342 g/mol. The van der Waals surface area contributed by atoms with Crippen LogP contribution in [0.1, 0.15) is 18.1 Å². The summed E-state index contributed by atoms with van der Waals surface area (Å²) in [5.74, 6) is -0.971. The Kier molecular flexibility index (Phi) is 7.70. The number of amides is 2. The molecular formula is C21H25N3O3. The van der Waals surface area contributed by atoms with E-state index in [0.717, 1.165) is 11.1 Å². The van der Waals surface area contributed by atoms with E-state index in [1.54, 1.807) is 0 Å². The molecule has 0 heterocycles. The minimum atomic E-state index is -0.770. The number of carbonyl (C=O) groups is 3. The quantitative estimate of drug-likeness (QED) is 0.615. The number of nitrogens with two attached hydrogens (primary N) is 1. The summed E-state index contributed by atoms with van der Waals surface area (Å²) in [4.78, 5) is 36.6. The number of hydrogen-bond acceptors (Lipinski definition) is 4. The molecule has 0 aliphatic carbocycles. The minimum Gasteiger partial charge on any atom is -0.344 e. The summed E-state index contributed by atoms with van der Waals surface area (Å²) in [5, 5.41) is 5.42. The van der Waals surface area contributed by atoms with E-state index in [4.69, 9.17) is 5.73 Å². The van der Waals surface area contributed by atoms with Crippen LogP contribution in [0.5, 0.6) is 0 Å². The lowest BCUT2D eigenvalue weighted by molar-refractivity contribution is -0.130. The molecule has 2 aromatic rings. The lowest BCUT2D eigenvalue weighted by atomic mass is 10.0. The van der Waals surface area contributed by atoms with E-state index in [-0.39, 0.29) is 18.2 Å². The van der Waals surface area contributed by atoms with Gasteiger partial charge in [-0.25, -0.2) is 0 Å². The second-order valence-electron chi connectivity index (χ2n) is 6.36. The number of Topliss-reactive ketones (excluding diaryl/α,β-unsaturated/α-hetero) is 1. The molecule has 0 radical (unpaired) electrons. The molecule has 0 saturated heterocycles. The summed E-state index contributed by atoms with van der Waals surface area (Å²) in [6.45, 7) is 1.19. The van der Waals surface area contributed by atoms with Gasteiger partial charge >= 0.3 is 0 Å². The molecule has 0 fully saturated rings. The zero-order chi connectivity index (χ0) is 19.6. The highest BCUT2D eigenvalue weighted by atomic mass is 16.2. The van der Waals surface area contributed by atoms with Crippen LogP contribution in [0.25, 0.3) is 0 Å². The van der Waals surface area contributed by atoms with Gasteiger partial charge in [0.25, 0.3) is 0 Å². The summed E-state index contributed by atoms with van der Waals surface area (Å²) in [6, 6.07) is 17.3. The zero-order valence-corrected chi connectivity index (χ0v) is 15.4. The van der Waals surface area contributed by atoms with Crippen molar-refractivity contribution < 1.29 is 14.4 Å². The number of rotatable bonds is 9. The first-order chi connectivity index (χ1) is 13.0. The van der Waals surface area contributed by atoms with Crippen molar-refractivity contribution in [1.82, 2.24) is 10.6 Å². The van der Waals surface area contributed by atoms with E-state index in [2.05, 4.69) is 10.6 Å². The Labute approximate surface area is 159 Å². The molecule has 6 heteroatoms. The molecule has 0 spiro atoms. The summed E-state index contributed by atoms with van der Waals surface area (Å²) in [5.41, 5.74) is 7.35. The van der Waals surface area contributed by atoms with Gasteiger partial charge in [-0.15, -0.1) is 0 Å². The predicted molar refractivity (Wildman–Crippen MR) is 104 cm³/mol. The SMILES string of the molecule is CC(=O)N[C@H](Cc1ccccc1)C(=O)N[C@H](Cc1ccccc1)C(=O)CN. The largest absolute Gasteiger partial charge is 0.344 e. The third-order valence-corrected chi connectivity index (χ3v) is 4.17. The van der Waals surface area contributed by atoms with Gasteiger partial charge in [-0.1, -0.05) is 60.7 Å². The molecule has 2 rings (SSSR count). The Morgan fingerprint density at radius 1 is 0.815 bits per heavy atom. The number of nitrogens with one attached hydrogen (secondary N) is 2. The van der Waals surface area contributed by atoms with Crippen molar-refractivity contribution in [1.29, 1.82) is 0 Å². The van der Waals surface area contributed by atoms with Gasteiger partial charge < -0.3 is 16.4 Å². The molecule has 0 aliphatic rings. The maximum absolute atomic E-state index is 12.8. The second-order valence-corrected chi connectivity index (χ2v) is 6.36. The first-order valence-corrected chi connectivity index (χ1v) is 8.87. The number of benzene rings is 2. The van der Waals surface area contributed by atoms with E-state index in [1.165, 1.54) is 6.92 Å². The van der Waals surface area contributed by atoms with Gasteiger partial charge in [-0.05, 0) is 17.5 Å². The predicted octanol–water partition coefficient (Wildman–Crippen LogP) is 0.989. The number of carbonyl (C=O) groups excluding carboxylic acids is 3. The molecule has 4 N–H and O–H groups in total. The van der Waals surface area contributed by atoms with Crippen molar-refractivity contribution >= 4 is 17.6 Å². The average molecular weight is 367 g/mol. The summed E-state index contributed by atoms with van der Waals surface area (Å²) >= 11 is 0. The summed E-state index contributed by atoms with van der Waals surface area (Å²) in [7, 11) is 0. The Morgan fingerprint density at radius 3 is 1.74 bits per heavy atom. The highest BCUT2D eigenvalue weighted by molar-refractivity contribution is 5.93. The van der Waals surface area contributed by atoms with Gasteiger partial charge in [0.15, 0.2) is 5.78 Å². The maximum atomic E-state index is 12.8. The normalized spacial score (nSPS) is 12.7. The Morgan fingerprint density at radius 2 is 1.30 bits per heavy atom. The van der Waals surface area contributed by atoms with Crippen molar-refractivity contribution in [3.8, 4) is 0 Å². The molecule has 0 saturated carbocycles. The molecule has 6 nitrogen and oxygen atoms in total. The van der Waals surface area contributed by atoms with E-state index in [1.807, 2.05) is 60.7 Å². The lowest BCUT2D eigenvalue weighted by Crippen LogP contribution is -2.53. The van der Waals surface area contributed by atoms with Crippen molar-refractivity contribution in [2.24, 2.45) is 5.73 Å². The Hall–Kier alpha value is -2.99. The van der Waals surface area contributed by atoms with Gasteiger partial charge in [0.1, 0.15) is 6.04 Å². The third kappa shape index (κ3) is 6.67. The standard InChI is InChI=1S/C21H25N3O3/c1-15(25)23-19(13-17-10-6-3-7-11-17)21(27)24-18(20(26)14-22)12-16-8-4-2-5-9-16/h2-11,18-19H,12-14,22H2,1H3,(H,23,25)(H,24,27)/t18-,19-/m1/s1. The minimum absolute atomic E-state index is 0.165. The van der Waals surface area contributed by atoms with Crippen LogP contribution >= 0.6 is 0 Å². The average Bonchev–Trinajstić information content (AvgIpc) is 2.67. The van der Waals surface area contributed by atoms with E-state index in [9.17, 15) is 14.4 Å². The number of ketones is 1. The highest BCUT2D eigenvalue weighted by Gasteiger charge is 2.26. The molecule has 2 aromatic carbocycles. The van der Waals surface area contributed by atoms with Crippen molar-refractivity contribution in [3.63, 3.8) is 0 Å². The fraction of sp³-hybridized carbons (Fsp3) is 0.286. The van der Waals surface area contributed by atoms with Gasteiger partial charge in [-0.3, -0.25) is 14.4 Å². The van der Waals surface area contributed by atoms with Crippen LogP contribution in [0.2, 0.25) is 0 Å². The zero-order valence-electron chi connectivity index (χ0n) is 15.4. The molecule has 0 aliphatic heterocycles. The first kappa shape index (κ1) is 20.3. The van der Waals surface area contributed by atoms with Crippen molar-refractivity contribution in [2.45, 2.75) is 31.8 Å². The van der Waals surface area contributed by atoms with Crippen LogP contribution in [0.3, 0.4) is 0 Å². The monoisotopic (exact) mass is 367 g/mol. The molecule has 0 unspecified atom stereocenters. The smallest absolute Gasteiger partial charge is 0.243 e. The highest BCUT2D eigenvalue weighted by Crippen LogP contribution is 2.07. The molecule has 0 aromatic heterocycles. The van der Waals surface area contributed by atoms with Crippen LogP contribution < -0.4 is 16.4 Å². The van der Waals surface area contributed by atoms with E-state index < -0.39 is 18.0 Å². The molecule has 2 amide bonds. The van der Waals surface area contributed by atoms with Crippen LogP contribution in [-0.2, 0) is 27.2 Å². The topological polar surface area (TPSA) is 101 Å². The van der Waals surface area contributed by atoms with E-state index in [0.29, 0.717) is 12.8 Å². The molecule has 142 valence electrons. The molecule has 0 bridgehead atoms. The van der Waals surface area contributed by atoms with Gasteiger partial charge in [0.2, 0.25) is 11.8 Å². The fourth-order valence-electron chi connectivity index (χ4n) is 2.81. The molecule has 27 heavy (non-hydrogen) atoms. The van der Waals surface area contributed by atoms with Crippen LogP contribution in [0, 0.1) is 0 Å². The van der Waals surface area contributed by atoms with Gasteiger partial charge in [0, 0.05) is 13.3 Å². The Bertz CT molecular complexity index is 763. The Balaban J connectivity index is 2.13. The van der Waals surface area contributed by atoms with Crippen LogP contribution in [0.4, 0.5) is 0 Å². The molecule has 2 atom stereocenters. The summed E-state index contributed by atoms with van der Waals surface area (Å²) in [6.07, 6.45) is 0.682.